The highest BCUT2D eigenvalue weighted by Crippen LogP contribution is 2.68. The van der Waals surface area contributed by atoms with Crippen LogP contribution in [0.1, 0.15) is 79.7 Å². The highest BCUT2D eigenvalue weighted by Gasteiger charge is 2.68. The summed E-state index contributed by atoms with van der Waals surface area (Å²) in [5.74, 6) is 0.237. The fourth-order valence-corrected chi connectivity index (χ4v) is 8.37. The van der Waals surface area contributed by atoms with Gasteiger partial charge in [-0.1, -0.05) is 33.8 Å². The van der Waals surface area contributed by atoms with Crippen LogP contribution in [0.2, 0.25) is 0 Å². The van der Waals surface area contributed by atoms with Gasteiger partial charge in [-0.25, -0.2) is 4.57 Å². The number of thioether (sulfide) groups is 1. The number of nitrogens with zero attached hydrogens (tertiary/aromatic N) is 1. The Morgan fingerprint density at radius 1 is 1.28 bits per heavy atom. The van der Waals surface area contributed by atoms with E-state index in [-0.39, 0.29) is 40.7 Å². The van der Waals surface area contributed by atoms with Crippen LogP contribution in [0.5, 0.6) is 0 Å². The van der Waals surface area contributed by atoms with Crippen molar-refractivity contribution < 1.29 is 24.0 Å². The predicted molar refractivity (Wildman–Crippen MR) is 142 cm³/mol. The average molecular weight is 515 g/mol. The van der Waals surface area contributed by atoms with Crippen LogP contribution in [-0.4, -0.2) is 34.8 Å². The molecule has 3 aliphatic carbocycles. The summed E-state index contributed by atoms with van der Waals surface area (Å²) in [5, 5.41) is 11.6. The van der Waals surface area contributed by atoms with Gasteiger partial charge in [0.2, 0.25) is 0 Å². The summed E-state index contributed by atoms with van der Waals surface area (Å²) in [4.78, 5) is 27.8. The molecule has 1 aromatic heterocycles. The molecule has 6 heteroatoms. The summed E-state index contributed by atoms with van der Waals surface area (Å²) in [7, 11) is 0. The molecule has 5 nitrogen and oxygen atoms in total. The molecule has 3 saturated carbocycles. The van der Waals surface area contributed by atoms with E-state index in [1.54, 1.807) is 0 Å². The molecule has 4 rings (SSSR count). The molecule has 0 amide bonds. The molecule has 0 aliphatic heterocycles. The van der Waals surface area contributed by atoms with Crippen molar-refractivity contribution in [1.29, 1.82) is 0 Å². The van der Waals surface area contributed by atoms with Crippen LogP contribution in [0.15, 0.2) is 42.1 Å². The minimum Gasteiger partial charge on any atom is -0.461 e. The molecule has 0 unspecified atom stereocenters. The molecule has 0 spiro atoms. The quantitative estimate of drug-likeness (QED) is 0.233. The number of carbonyl (C=O) groups excluding carboxylic acids is 2. The number of rotatable bonds is 6. The maximum atomic E-state index is 13.5. The molecule has 0 aromatic carbocycles. The third-order valence-corrected chi connectivity index (χ3v) is 11.3. The summed E-state index contributed by atoms with van der Waals surface area (Å²) in [6.45, 7) is 16.9. The Hall–Kier alpha value is -1.66. The topological polar surface area (TPSA) is 67.5 Å². The van der Waals surface area contributed by atoms with E-state index in [9.17, 15) is 14.7 Å². The van der Waals surface area contributed by atoms with Gasteiger partial charge >= 0.3 is 5.97 Å². The van der Waals surface area contributed by atoms with Crippen molar-refractivity contribution >= 4 is 23.5 Å². The fraction of sp³-hybridized carbons (Fsp3) is 0.700. The Kier molecular flexibility index (Phi) is 7.53. The molecule has 3 fully saturated rings. The summed E-state index contributed by atoms with van der Waals surface area (Å²) in [6.07, 6.45) is 8.54. The molecule has 0 radical (unpaired) electrons. The van der Waals surface area contributed by atoms with Gasteiger partial charge in [0.05, 0.1) is 11.9 Å². The van der Waals surface area contributed by atoms with Gasteiger partial charge in [-0.3, -0.25) is 9.59 Å². The van der Waals surface area contributed by atoms with Gasteiger partial charge in [-0.2, -0.15) is 0 Å². The number of ketones is 1. The van der Waals surface area contributed by atoms with Crippen molar-refractivity contribution in [2.75, 3.05) is 5.75 Å². The Balaban J connectivity index is 1.63. The number of carbonyl (C=O) groups is 2. The zero-order valence-electron chi connectivity index (χ0n) is 22.8. The van der Waals surface area contributed by atoms with E-state index in [0.717, 1.165) is 24.2 Å². The van der Waals surface area contributed by atoms with Crippen molar-refractivity contribution in [2.24, 2.45) is 34.0 Å². The second kappa shape index (κ2) is 9.90. The van der Waals surface area contributed by atoms with Gasteiger partial charge in [0, 0.05) is 40.2 Å². The molecule has 8 atom stereocenters. The van der Waals surface area contributed by atoms with Gasteiger partial charge in [0.25, 0.3) is 0 Å². The van der Waals surface area contributed by atoms with Crippen LogP contribution < -0.4 is 4.57 Å². The predicted octanol–water partition coefficient (Wildman–Crippen LogP) is 5.55. The molecule has 1 aromatic rings. The first-order chi connectivity index (χ1) is 16.9. The smallest absolute Gasteiger partial charge is 0.316 e. The third kappa shape index (κ3) is 4.36. The van der Waals surface area contributed by atoms with Crippen LogP contribution in [0.3, 0.4) is 0 Å². The first-order valence-corrected chi connectivity index (χ1v) is 14.5. The zero-order valence-corrected chi connectivity index (χ0v) is 23.6. The lowest BCUT2D eigenvalue weighted by molar-refractivity contribution is -0.716. The van der Waals surface area contributed by atoms with Gasteiger partial charge in [0.1, 0.15) is 11.9 Å². The molecule has 2 bridgehead atoms. The first kappa shape index (κ1) is 27.4. The zero-order chi connectivity index (χ0) is 26.5. The second-order valence-electron chi connectivity index (χ2n) is 12.4. The largest absolute Gasteiger partial charge is 0.461 e. The highest BCUT2D eigenvalue weighted by molar-refractivity contribution is 8.00. The van der Waals surface area contributed by atoms with E-state index in [0.29, 0.717) is 18.9 Å². The van der Waals surface area contributed by atoms with Crippen molar-refractivity contribution in [3.8, 4) is 0 Å². The normalized spacial score (nSPS) is 40.3. The Morgan fingerprint density at radius 3 is 2.56 bits per heavy atom. The Morgan fingerprint density at radius 2 is 1.94 bits per heavy atom. The third-order valence-electron chi connectivity index (χ3n) is 10.4. The summed E-state index contributed by atoms with van der Waals surface area (Å²) >= 11 is 1.47. The minimum absolute atomic E-state index is 0.0253. The molecular weight excluding hydrogens is 470 g/mol. The number of aromatic nitrogens is 1. The molecular formula is C30H44NO4S+. The monoisotopic (exact) mass is 514 g/mol. The number of ether oxygens (including phenoxy) is 1. The Labute approximate surface area is 221 Å². The van der Waals surface area contributed by atoms with E-state index in [4.69, 9.17) is 4.74 Å². The summed E-state index contributed by atoms with van der Waals surface area (Å²) < 4.78 is 8.45. The number of aliphatic hydroxyl groups is 1. The van der Waals surface area contributed by atoms with Crippen LogP contribution >= 0.6 is 11.8 Å². The van der Waals surface area contributed by atoms with Crippen molar-refractivity contribution in [3.63, 3.8) is 0 Å². The number of aliphatic hydroxyl groups excluding tert-OH is 1. The van der Waals surface area contributed by atoms with Crippen LogP contribution in [0.4, 0.5) is 0 Å². The maximum Gasteiger partial charge on any atom is 0.316 e. The first-order valence-electron chi connectivity index (χ1n) is 13.6. The minimum atomic E-state index is -0.645. The van der Waals surface area contributed by atoms with Crippen LogP contribution in [0, 0.1) is 34.0 Å². The number of pyridine rings is 1. The van der Waals surface area contributed by atoms with E-state index < -0.39 is 23.0 Å². The molecule has 198 valence electrons. The molecule has 0 saturated heterocycles. The highest BCUT2D eigenvalue weighted by atomic mass is 32.2. The number of Topliss-reactive ketones (excluding diaryl/α,β-unsaturated/α-hetero) is 1. The fourth-order valence-electron chi connectivity index (χ4n) is 7.70. The molecule has 1 N–H and O–H groups in total. The van der Waals surface area contributed by atoms with Crippen LogP contribution in [0.25, 0.3) is 0 Å². The second-order valence-corrected chi connectivity index (χ2v) is 13.5. The average Bonchev–Trinajstić information content (AvgIpc) is 3.21. The number of hydrogen-bond acceptors (Lipinski definition) is 5. The summed E-state index contributed by atoms with van der Waals surface area (Å²) in [5.41, 5.74) is -1.33. The van der Waals surface area contributed by atoms with Crippen LogP contribution in [-0.2, 0) is 14.3 Å². The maximum absolute atomic E-state index is 13.5. The SMILES string of the molecule is C=C[C@]1(C)C[C@@H](OC(=O)CSc2cc[n+](C(C)C)cc2)[C@]2(C)[C@H](C)CC[C@]3(CCC(=O)[C@H]32)[C@@H](C)[C@@H]1O. The van der Waals surface area contributed by atoms with E-state index in [1.165, 1.54) is 11.8 Å². The van der Waals surface area contributed by atoms with Gasteiger partial charge in [-0.05, 0) is 56.8 Å². The lowest BCUT2D eigenvalue weighted by Gasteiger charge is -2.61. The van der Waals surface area contributed by atoms with Crippen molar-refractivity contribution in [2.45, 2.75) is 96.8 Å². The Bertz CT molecular complexity index is 1010. The van der Waals surface area contributed by atoms with Gasteiger partial charge < -0.3 is 9.84 Å². The number of esters is 1. The van der Waals surface area contributed by atoms with E-state index >= 15 is 0 Å². The van der Waals surface area contributed by atoms with Crippen molar-refractivity contribution in [3.05, 3.63) is 37.2 Å². The standard InChI is InChI=1S/C30H44NO4S/c1-8-28(6)17-24(35-25(33)18-36-22-11-15-31(16-12-22)19(2)3)29(7)20(4)9-13-30(21(5)27(28)34)14-10-23(32)26(29)30/h8,11-12,15-16,19-21,24,26-27,34H,1,9-10,13-14,17-18H2,2-7H3/q+1/t20-,21+,24-,26+,27+,28-,29+,30+/m1/s1. The molecule has 3 aliphatic rings. The van der Waals surface area contributed by atoms with Crippen molar-refractivity contribution in [1.82, 2.24) is 0 Å². The lowest BCUT2D eigenvalue weighted by Crippen LogP contribution is -2.63. The van der Waals surface area contributed by atoms with Gasteiger partial charge in [-0.15, -0.1) is 18.3 Å². The van der Waals surface area contributed by atoms with E-state index in [1.807, 2.05) is 37.5 Å². The summed E-state index contributed by atoms with van der Waals surface area (Å²) in [6, 6.07) is 4.43. The van der Waals surface area contributed by atoms with E-state index in [2.05, 4.69) is 45.8 Å². The number of hydrogen-bond donors (Lipinski definition) is 1. The molecule has 1 heterocycles. The molecule has 36 heavy (non-hydrogen) atoms. The lowest BCUT2D eigenvalue weighted by atomic mass is 9.44. The van der Waals surface area contributed by atoms with Gasteiger partial charge in [0.15, 0.2) is 18.4 Å².